The summed E-state index contributed by atoms with van der Waals surface area (Å²) in [5.41, 5.74) is 2.02. The molecule has 1 aliphatic heterocycles. The smallest absolute Gasteiger partial charge is 0.119 e. The highest BCUT2D eigenvalue weighted by Crippen LogP contribution is 2.42. The lowest BCUT2D eigenvalue weighted by molar-refractivity contribution is 0.224. The summed E-state index contributed by atoms with van der Waals surface area (Å²) in [7, 11) is 0. The van der Waals surface area contributed by atoms with E-state index in [1.165, 1.54) is 31.2 Å². The molecule has 2 nitrogen and oxygen atoms in total. The third-order valence-corrected chi connectivity index (χ3v) is 4.53. The summed E-state index contributed by atoms with van der Waals surface area (Å²) in [4.78, 5) is 0. The Morgan fingerprint density at radius 1 is 1.16 bits per heavy atom. The van der Waals surface area contributed by atoms with Crippen LogP contribution in [0, 0.1) is 5.41 Å². The molecule has 1 aromatic rings. The molecule has 1 aromatic carbocycles. The highest BCUT2D eigenvalue weighted by atomic mass is 16.6. The van der Waals surface area contributed by atoms with Crippen LogP contribution in [-0.4, -0.2) is 19.3 Å². The van der Waals surface area contributed by atoms with Gasteiger partial charge in [0, 0.05) is 0 Å². The molecule has 0 N–H and O–H groups in total. The van der Waals surface area contributed by atoms with Crippen LogP contribution >= 0.6 is 0 Å². The number of benzene rings is 1. The number of rotatable bonds is 4. The number of ether oxygens (including phenoxy) is 2. The van der Waals surface area contributed by atoms with E-state index in [0.717, 1.165) is 18.3 Å². The minimum Gasteiger partial charge on any atom is -0.491 e. The zero-order chi connectivity index (χ0) is 13.3. The average molecular weight is 260 g/mol. The first kappa shape index (κ1) is 13.0. The Morgan fingerprint density at radius 3 is 2.37 bits per heavy atom. The molecule has 3 rings (SSSR count). The van der Waals surface area contributed by atoms with Crippen molar-refractivity contribution >= 4 is 0 Å². The van der Waals surface area contributed by atoms with Gasteiger partial charge in [-0.2, -0.15) is 0 Å². The van der Waals surface area contributed by atoms with E-state index in [4.69, 9.17) is 9.47 Å². The van der Waals surface area contributed by atoms with Crippen LogP contribution in [0.3, 0.4) is 0 Å². The van der Waals surface area contributed by atoms with Gasteiger partial charge in [-0.1, -0.05) is 26.0 Å². The van der Waals surface area contributed by atoms with E-state index in [9.17, 15) is 0 Å². The van der Waals surface area contributed by atoms with E-state index in [1.54, 1.807) is 0 Å². The molecule has 0 aromatic heterocycles. The fourth-order valence-electron chi connectivity index (χ4n) is 2.92. The fraction of sp³-hybridized carbons (Fsp3) is 0.647. The summed E-state index contributed by atoms with van der Waals surface area (Å²) in [6.07, 6.45) is 5.66. The molecular formula is C17H24O2. The van der Waals surface area contributed by atoms with E-state index in [-0.39, 0.29) is 0 Å². The molecule has 0 bridgehead atoms. The van der Waals surface area contributed by atoms with Crippen molar-refractivity contribution in [3.8, 4) is 5.75 Å². The fourth-order valence-corrected chi connectivity index (χ4v) is 2.92. The van der Waals surface area contributed by atoms with Crippen molar-refractivity contribution in [2.24, 2.45) is 5.41 Å². The van der Waals surface area contributed by atoms with Crippen LogP contribution < -0.4 is 4.74 Å². The largest absolute Gasteiger partial charge is 0.491 e. The number of epoxide rings is 1. The van der Waals surface area contributed by atoms with Gasteiger partial charge in [0.05, 0.1) is 6.61 Å². The third-order valence-electron chi connectivity index (χ3n) is 4.53. The van der Waals surface area contributed by atoms with Gasteiger partial charge >= 0.3 is 0 Å². The van der Waals surface area contributed by atoms with Crippen molar-refractivity contribution in [2.45, 2.75) is 51.6 Å². The zero-order valence-corrected chi connectivity index (χ0v) is 12.0. The minimum atomic E-state index is 0.334. The van der Waals surface area contributed by atoms with Gasteiger partial charge < -0.3 is 9.47 Å². The van der Waals surface area contributed by atoms with Gasteiger partial charge in [0.15, 0.2) is 0 Å². The van der Waals surface area contributed by atoms with Crippen molar-refractivity contribution in [1.29, 1.82) is 0 Å². The van der Waals surface area contributed by atoms with Crippen LogP contribution in [0.15, 0.2) is 24.3 Å². The lowest BCUT2D eigenvalue weighted by Crippen LogP contribution is -2.20. The highest BCUT2D eigenvalue weighted by molar-refractivity contribution is 5.29. The van der Waals surface area contributed by atoms with Crippen molar-refractivity contribution in [2.75, 3.05) is 13.2 Å². The molecule has 0 radical (unpaired) electrons. The van der Waals surface area contributed by atoms with Gasteiger partial charge in [-0.15, -0.1) is 0 Å². The van der Waals surface area contributed by atoms with Gasteiger partial charge in [-0.3, -0.25) is 0 Å². The van der Waals surface area contributed by atoms with E-state index in [2.05, 4.69) is 38.1 Å². The zero-order valence-electron chi connectivity index (χ0n) is 12.0. The molecule has 19 heavy (non-hydrogen) atoms. The Bertz CT molecular complexity index is 407. The molecule has 1 saturated heterocycles. The van der Waals surface area contributed by atoms with Crippen LogP contribution in [0.4, 0.5) is 0 Å². The SMILES string of the molecule is CC1(C)CCC(c2ccc(OCC3CO3)cc2)CC1. The normalized spacial score (nSPS) is 26.1. The van der Waals surface area contributed by atoms with Crippen LogP contribution in [0.2, 0.25) is 0 Å². The Labute approximate surface area is 116 Å². The van der Waals surface area contributed by atoms with Crippen molar-refractivity contribution < 1.29 is 9.47 Å². The van der Waals surface area contributed by atoms with E-state index in [1.807, 2.05) is 0 Å². The molecule has 2 aliphatic rings. The maximum atomic E-state index is 5.68. The average Bonchev–Trinajstić information content (AvgIpc) is 3.21. The Hall–Kier alpha value is -1.02. The highest BCUT2D eigenvalue weighted by Gasteiger charge is 2.27. The molecular weight excluding hydrogens is 236 g/mol. The van der Waals surface area contributed by atoms with Crippen molar-refractivity contribution in [3.63, 3.8) is 0 Å². The number of hydrogen-bond acceptors (Lipinski definition) is 2. The van der Waals surface area contributed by atoms with Gasteiger partial charge in [0.2, 0.25) is 0 Å². The maximum Gasteiger partial charge on any atom is 0.119 e. The lowest BCUT2D eigenvalue weighted by atomic mass is 9.71. The standard InChI is InChI=1S/C17H24O2/c1-17(2)9-7-14(8-10-17)13-3-5-15(6-4-13)18-11-16-12-19-16/h3-6,14,16H,7-12H2,1-2H3. The Morgan fingerprint density at radius 2 is 1.79 bits per heavy atom. The van der Waals surface area contributed by atoms with Gasteiger partial charge in [0.1, 0.15) is 18.5 Å². The summed E-state index contributed by atoms with van der Waals surface area (Å²) in [5.74, 6) is 1.71. The first-order valence-corrected chi connectivity index (χ1v) is 7.47. The summed E-state index contributed by atoms with van der Waals surface area (Å²) in [6.45, 7) is 6.33. The van der Waals surface area contributed by atoms with E-state index >= 15 is 0 Å². The summed E-state index contributed by atoms with van der Waals surface area (Å²) < 4.78 is 10.8. The second-order valence-corrected chi connectivity index (χ2v) is 6.77. The molecule has 1 saturated carbocycles. The van der Waals surface area contributed by atoms with E-state index < -0.39 is 0 Å². The predicted molar refractivity (Wildman–Crippen MR) is 76.7 cm³/mol. The minimum absolute atomic E-state index is 0.334. The van der Waals surface area contributed by atoms with Crippen molar-refractivity contribution in [1.82, 2.24) is 0 Å². The molecule has 2 fully saturated rings. The second-order valence-electron chi connectivity index (χ2n) is 6.77. The summed E-state index contributed by atoms with van der Waals surface area (Å²) in [5, 5.41) is 0. The third kappa shape index (κ3) is 3.50. The summed E-state index contributed by atoms with van der Waals surface area (Å²) in [6, 6.07) is 8.70. The molecule has 0 spiro atoms. The van der Waals surface area contributed by atoms with Gasteiger partial charge in [-0.25, -0.2) is 0 Å². The molecule has 1 aliphatic carbocycles. The summed E-state index contributed by atoms with van der Waals surface area (Å²) >= 11 is 0. The molecule has 1 heterocycles. The number of hydrogen-bond donors (Lipinski definition) is 0. The van der Waals surface area contributed by atoms with Crippen LogP contribution in [0.1, 0.15) is 51.0 Å². The van der Waals surface area contributed by atoms with Crippen LogP contribution in [0.25, 0.3) is 0 Å². The van der Waals surface area contributed by atoms with Gasteiger partial charge in [0.25, 0.3) is 0 Å². The predicted octanol–water partition coefficient (Wildman–Crippen LogP) is 4.15. The monoisotopic (exact) mass is 260 g/mol. The van der Waals surface area contributed by atoms with Crippen molar-refractivity contribution in [3.05, 3.63) is 29.8 Å². The Kier molecular flexibility index (Phi) is 3.53. The molecule has 0 amide bonds. The second kappa shape index (κ2) is 5.16. The Balaban J connectivity index is 1.56. The molecule has 1 unspecified atom stereocenters. The molecule has 104 valence electrons. The maximum absolute atomic E-state index is 5.68. The molecule has 1 atom stereocenters. The van der Waals surface area contributed by atoms with Gasteiger partial charge in [-0.05, 0) is 54.7 Å². The first-order valence-electron chi connectivity index (χ1n) is 7.47. The van der Waals surface area contributed by atoms with E-state index in [0.29, 0.717) is 18.1 Å². The molecule has 2 heteroatoms. The first-order chi connectivity index (χ1) is 9.12. The topological polar surface area (TPSA) is 21.8 Å². The van der Waals surface area contributed by atoms with Crippen LogP contribution in [0.5, 0.6) is 5.75 Å². The lowest BCUT2D eigenvalue weighted by Gasteiger charge is -2.34. The van der Waals surface area contributed by atoms with Crippen LogP contribution in [-0.2, 0) is 4.74 Å². The quantitative estimate of drug-likeness (QED) is 0.759.